The van der Waals surface area contributed by atoms with Crippen LogP contribution in [-0.4, -0.2) is 29.2 Å². The van der Waals surface area contributed by atoms with E-state index in [1.807, 2.05) is 30.3 Å². The first-order valence-electron chi connectivity index (χ1n) is 9.51. The lowest BCUT2D eigenvalue weighted by Crippen LogP contribution is -2.30. The molecule has 1 aliphatic rings. The number of amides is 1. The number of carbonyl (C=O) groups excluding carboxylic acids is 1. The summed E-state index contributed by atoms with van der Waals surface area (Å²) < 4.78 is 19.3. The first-order chi connectivity index (χ1) is 14.1. The number of anilines is 1. The molecule has 1 saturated heterocycles. The predicted molar refractivity (Wildman–Crippen MR) is 108 cm³/mol. The van der Waals surface area contributed by atoms with Gasteiger partial charge in [0.25, 0.3) is 5.91 Å². The number of carbonyl (C=O) groups is 1. The molecule has 0 aliphatic carbocycles. The van der Waals surface area contributed by atoms with E-state index in [-0.39, 0.29) is 16.5 Å². The molecule has 0 saturated carbocycles. The fourth-order valence-corrected chi connectivity index (χ4v) is 3.62. The van der Waals surface area contributed by atoms with Crippen molar-refractivity contribution in [1.29, 1.82) is 0 Å². The van der Waals surface area contributed by atoms with E-state index in [0.717, 1.165) is 37.6 Å². The minimum absolute atomic E-state index is 0.0360. The summed E-state index contributed by atoms with van der Waals surface area (Å²) in [5.74, 6) is -0.681. The molecule has 8 heteroatoms. The minimum atomic E-state index is -0.657. The van der Waals surface area contributed by atoms with Crippen LogP contribution in [0.4, 0.5) is 10.4 Å². The molecule has 2 aromatic carbocycles. The van der Waals surface area contributed by atoms with Crippen molar-refractivity contribution < 1.29 is 13.6 Å². The second kappa shape index (κ2) is 8.61. The number of hydrogen-bond donors (Lipinski definition) is 1. The van der Waals surface area contributed by atoms with E-state index in [4.69, 9.17) is 16.0 Å². The Hall–Kier alpha value is -2.93. The van der Waals surface area contributed by atoms with Crippen LogP contribution in [-0.2, 0) is 0 Å². The standard InChI is InChI=1S/C21H20ClFN4O2/c22-17-13-15(23)9-10-16(17)19(28)24-18(14-7-3-1-4-8-14)20-25-26-21(29-20)27-11-5-2-6-12-27/h1,3-4,7-10,13,18H,2,5-6,11-12H2,(H,24,28). The second-order valence-corrected chi connectivity index (χ2v) is 7.32. The Bertz CT molecular complexity index is 989. The molecule has 4 rings (SSSR count). The fraction of sp³-hybridized carbons (Fsp3) is 0.286. The Morgan fingerprint density at radius 1 is 1.10 bits per heavy atom. The summed E-state index contributed by atoms with van der Waals surface area (Å²) in [6.45, 7) is 1.74. The van der Waals surface area contributed by atoms with Crippen LogP contribution in [0.25, 0.3) is 0 Å². The summed E-state index contributed by atoms with van der Waals surface area (Å²) in [7, 11) is 0. The molecule has 0 radical (unpaired) electrons. The van der Waals surface area contributed by atoms with Crippen LogP contribution in [0.3, 0.4) is 0 Å². The summed E-state index contributed by atoms with van der Waals surface area (Å²) in [4.78, 5) is 14.9. The number of benzene rings is 2. The number of piperidine rings is 1. The van der Waals surface area contributed by atoms with Gasteiger partial charge in [0, 0.05) is 13.1 Å². The summed E-state index contributed by atoms with van der Waals surface area (Å²) in [6, 6.07) is 12.8. The summed E-state index contributed by atoms with van der Waals surface area (Å²) in [5.41, 5.74) is 0.956. The molecule has 6 nitrogen and oxygen atoms in total. The summed E-state index contributed by atoms with van der Waals surface area (Å²) in [5, 5.41) is 11.3. The Kier molecular flexibility index (Phi) is 5.76. The van der Waals surface area contributed by atoms with E-state index < -0.39 is 17.8 Å². The lowest BCUT2D eigenvalue weighted by molar-refractivity contribution is 0.0938. The van der Waals surface area contributed by atoms with E-state index in [9.17, 15) is 9.18 Å². The van der Waals surface area contributed by atoms with Crippen LogP contribution < -0.4 is 10.2 Å². The normalized spacial score (nSPS) is 15.2. The van der Waals surface area contributed by atoms with Gasteiger partial charge in [0.05, 0.1) is 10.6 Å². The van der Waals surface area contributed by atoms with Crippen LogP contribution in [0.5, 0.6) is 0 Å². The maximum Gasteiger partial charge on any atom is 0.318 e. The number of nitrogens with one attached hydrogen (secondary N) is 1. The SMILES string of the molecule is O=C(NC(c1ccccc1)c1nnc(N2CCCCC2)o1)c1ccc(F)cc1Cl. The van der Waals surface area contributed by atoms with Crippen molar-refractivity contribution >= 4 is 23.5 Å². The molecule has 1 amide bonds. The zero-order valence-electron chi connectivity index (χ0n) is 15.6. The Balaban J connectivity index is 1.62. The molecule has 2 heterocycles. The average Bonchev–Trinajstić information content (AvgIpc) is 3.23. The minimum Gasteiger partial charge on any atom is -0.405 e. The van der Waals surface area contributed by atoms with Crippen LogP contribution in [0, 0.1) is 5.82 Å². The van der Waals surface area contributed by atoms with E-state index in [2.05, 4.69) is 20.4 Å². The molecule has 0 spiro atoms. The van der Waals surface area contributed by atoms with Crippen LogP contribution in [0.15, 0.2) is 52.9 Å². The van der Waals surface area contributed by atoms with Gasteiger partial charge in [-0.2, -0.15) is 0 Å². The van der Waals surface area contributed by atoms with Crippen molar-refractivity contribution in [3.05, 3.63) is 76.4 Å². The van der Waals surface area contributed by atoms with Gasteiger partial charge in [-0.25, -0.2) is 4.39 Å². The number of aromatic nitrogens is 2. The highest BCUT2D eigenvalue weighted by molar-refractivity contribution is 6.33. The number of halogens is 2. The molecule has 3 aromatic rings. The summed E-state index contributed by atoms with van der Waals surface area (Å²) >= 11 is 6.05. The smallest absolute Gasteiger partial charge is 0.318 e. The van der Waals surface area contributed by atoms with Gasteiger partial charge in [0.15, 0.2) is 0 Å². The Morgan fingerprint density at radius 3 is 2.59 bits per heavy atom. The third-order valence-electron chi connectivity index (χ3n) is 4.89. The molecule has 1 aliphatic heterocycles. The van der Waals surface area contributed by atoms with E-state index in [1.54, 1.807) is 0 Å². The molecule has 29 heavy (non-hydrogen) atoms. The molecular weight excluding hydrogens is 395 g/mol. The Morgan fingerprint density at radius 2 is 1.86 bits per heavy atom. The van der Waals surface area contributed by atoms with Gasteiger partial charge in [0.1, 0.15) is 11.9 Å². The zero-order valence-corrected chi connectivity index (χ0v) is 16.4. The van der Waals surface area contributed by atoms with Gasteiger partial charge in [-0.15, -0.1) is 5.10 Å². The first kappa shape index (κ1) is 19.4. The molecule has 150 valence electrons. The summed E-state index contributed by atoms with van der Waals surface area (Å²) in [6.07, 6.45) is 3.36. The number of rotatable bonds is 5. The average molecular weight is 415 g/mol. The largest absolute Gasteiger partial charge is 0.405 e. The van der Waals surface area contributed by atoms with Crippen LogP contribution in [0.2, 0.25) is 5.02 Å². The molecule has 1 fully saturated rings. The van der Waals surface area contributed by atoms with Gasteiger partial charge in [0.2, 0.25) is 5.89 Å². The van der Waals surface area contributed by atoms with Crippen LogP contribution in [0.1, 0.15) is 47.1 Å². The highest BCUT2D eigenvalue weighted by Crippen LogP contribution is 2.26. The van der Waals surface area contributed by atoms with Crippen molar-refractivity contribution in [2.45, 2.75) is 25.3 Å². The molecule has 1 aromatic heterocycles. The second-order valence-electron chi connectivity index (χ2n) is 6.91. The van der Waals surface area contributed by atoms with Gasteiger partial charge in [-0.1, -0.05) is 47.0 Å². The topological polar surface area (TPSA) is 71.3 Å². The maximum absolute atomic E-state index is 13.3. The van der Waals surface area contributed by atoms with Crippen molar-refractivity contribution in [1.82, 2.24) is 15.5 Å². The third kappa shape index (κ3) is 4.40. The molecular formula is C21H20ClFN4O2. The van der Waals surface area contributed by atoms with Gasteiger partial charge in [-0.3, -0.25) is 4.79 Å². The lowest BCUT2D eigenvalue weighted by atomic mass is 10.1. The van der Waals surface area contributed by atoms with E-state index in [0.29, 0.717) is 6.01 Å². The van der Waals surface area contributed by atoms with Crippen molar-refractivity contribution in [3.8, 4) is 0 Å². The Labute approximate surface area is 172 Å². The number of nitrogens with zero attached hydrogens (tertiary/aromatic N) is 3. The van der Waals surface area contributed by atoms with Crippen molar-refractivity contribution in [2.75, 3.05) is 18.0 Å². The number of hydrogen-bond acceptors (Lipinski definition) is 5. The lowest BCUT2D eigenvalue weighted by Gasteiger charge is -2.24. The maximum atomic E-state index is 13.3. The van der Waals surface area contributed by atoms with Crippen LogP contribution >= 0.6 is 11.6 Å². The fourth-order valence-electron chi connectivity index (χ4n) is 3.37. The highest BCUT2D eigenvalue weighted by atomic mass is 35.5. The quantitative estimate of drug-likeness (QED) is 0.671. The highest BCUT2D eigenvalue weighted by Gasteiger charge is 2.26. The van der Waals surface area contributed by atoms with Gasteiger partial charge < -0.3 is 14.6 Å². The molecule has 1 N–H and O–H groups in total. The third-order valence-corrected chi connectivity index (χ3v) is 5.20. The van der Waals surface area contributed by atoms with E-state index in [1.165, 1.54) is 18.6 Å². The van der Waals surface area contributed by atoms with Crippen molar-refractivity contribution in [2.24, 2.45) is 0 Å². The van der Waals surface area contributed by atoms with Gasteiger partial charge in [-0.05, 0) is 43.0 Å². The van der Waals surface area contributed by atoms with Gasteiger partial charge >= 0.3 is 6.01 Å². The predicted octanol–water partition coefficient (Wildman–Crippen LogP) is 4.37. The first-order valence-corrected chi connectivity index (χ1v) is 9.89. The molecule has 1 unspecified atom stereocenters. The van der Waals surface area contributed by atoms with E-state index >= 15 is 0 Å². The molecule has 0 bridgehead atoms. The zero-order chi connectivity index (χ0) is 20.2. The van der Waals surface area contributed by atoms with Crippen molar-refractivity contribution in [3.63, 3.8) is 0 Å². The molecule has 1 atom stereocenters. The monoisotopic (exact) mass is 414 g/mol.